The number of aryl methyl sites for hydroxylation is 1. The summed E-state index contributed by atoms with van der Waals surface area (Å²) < 4.78 is 32.0. The Morgan fingerprint density at radius 1 is 1.15 bits per heavy atom. The average molecular weight is 374 g/mol. The molecule has 0 fully saturated rings. The standard InChI is InChI=1S/C19H16F2N2O2S/c1-12-18(19(24)22-10-13-4-2-3-5-16(13)21)26-17(23-12)11-25-15-8-6-14(20)7-9-15/h2-9H,10-11H2,1H3,(H,22,24). The number of halogens is 2. The molecule has 3 aromatic rings. The van der Waals surface area contributed by atoms with Crippen LogP contribution in [0.15, 0.2) is 48.5 Å². The molecule has 0 radical (unpaired) electrons. The van der Waals surface area contributed by atoms with E-state index in [1.54, 1.807) is 25.1 Å². The average Bonchev–Trinajstić information content (AvgIpc) is 3.01. The molecule has 0 unspecified atom stereocenters. The van der Waals surface area contributed by atoms with E-state index in [4.69, 9.17) is 4.74 Å². The monoisotopic (exact) mass is 374 g/mol. The lowest BCUT2D eigenvalue weighted by Gasteiger charge is -2.05. The minimum absolute atomic E-state index is 0.101. The molecule has 2 aromatic carbocycles. The summed E-state index contributed by atoms with van der Waals surface area (Å²) in [5, 5.41) is 3.33. The van der Waals surface area contributed by atoms with E-state index >= 15 is 0 Å². The number of benzene rings is 2. The molecule has 0 aliphatic rings. The van der Waals surface area contributed by atoms with Crippen LogP contribution in [0.4, 0.5) is 8.78 Å². The van der Waals surface area contributed by atoms with Gasteiger partial charge in [-0.1, -0.05) is 18.2 Å². The van der Waals surface area contributed by atoms with Crippen molar-refractivity contribution in [2.24, 2.45) is 0 Å². The Labute approximate surface area is 153 Å². The van der Waals surface area contributed by atoms with Crippen molar-refractivity contribution in [3.05, 3.63) is 81.3 Å². The van der Waals surface area contributed by atoms with Gasteiger partial charge >= 0.3 is 0 Å². The van der Waals surface area contributed by atoms with Gasteiger partial charge in [0.25, 0.3) is 5.91 Å². The number of nitrogens with one attached hydrogen (secondary N) is 1. The molecule has 0 aliphatic carbocycles. The summed E-state index contributed by atoms with van der Waals surface area (Å²) in [6.07, 6.45) is 0. The van der Waals surface area contributed by atoms with E-state index in [2.05, 4.69) is 10.3 Å². The van der Waals surface area contributed by atoms with Gasteiger partial charge in [-0.25, -0.2) is 13.8 Å². The minimum Gasteiger partial charge on any atom is -0.486 e. The number of rotatable bonds is 6. The van der Waals surface area contributed by atoms with E-state index in [0.29, 0.717) is 26.9 Å². The largest absolute Gasteiger partial charge is 0.486 e. The summed E-state index contributed by atoms with van der Waals surface area (Å²) in [4.78, 5) is 17.1. The molecule has 134 valence electrons. The fourth-order valence-electron chi connectivity index (χ4n) is 2.30. The molecule has 1 N–H and O–H groups in total. The zero-order valence-electron chi connectivity index (χ0n) is 14.0. The molecule has 0 saturated heterocycles. The highest BCUT2D eigenvalue weighted by molar-refractivity contribution is 7.13. The van der Waals surface area contributed by atoms with Gasteiger partial charge in [0.05, 0.1) is 5.69 Å². The molecule has 7 heteroatoms. The summed E-state index contributed by atoms with van der Waals surface area (Å²) in [7, 11) is 0. The first-order valence-corrected chi connectivity index (χ1v) is 8.71. The van der Waals surface area contributed by atoms with Gasteiger partial charge in [0.2, 0.25) is 0 Å². The molecular weight excluding hydrogens is 358 g/mol. The SMILES string of the molecule is Cc1nc(COc2ccc(F)cc2)sc1C(=O)NCc1ccccc1F. The first-order chi connectivity index (χ1) is 12.5. The Morgan fingerprint density at radius 2 is 1.88 bits per heavy atom. The van der Waals surface area contributed by atoms with Crippen LogP contribution in [0.3, 0.4) is 0 Å². The maximum Gasteiger partial charge on any atom is 0.263 e. The molecule has 26 heavy (non-hydrogen) atoms. The van der Waals surface area contributed by atoms with Crippen LogP contribution in [0, 0.1) is 18.6 Å². The Morgan fingerprint density at radius 3 is 2.62 bits per heavy atom. The smallest absolute Gasteiger partial charge is 0.263 e. The fourth-order valence-corrected chi connectivity index (χ4v) is 3.19. The summed E-state index contributed by atoms with van der Waals surface area (Å²) >= 11 is 1.21. The van der Waals surface area contributed by atoms with Gasteiger partial charge in [-0.3, -0.25) is 4.79 Å². The van der Waals surface area contributed by atoms with Crippen molar-refractivity contribution in [1.82, 2.24) is 10.3 Å². The van der Waals surface area contributed by atoms with Crippen LogP contribution < -0.4 is 10.1 Å². The lowest BCUT2D eigenvalue weighted by Crippen LogP contribution is -2.23. The Hall–Kier alpha value is -2.80. The zero-order valence-corrected chi connectivity index (χ0v) is 14.8. The Balaban J connectivity index is 1.61. The second-order valence-corrected chi connectivity index (χ2v) is 6.62. The number of carbonyl (C=O) groups excluding carboxylic acids is 1. The predicted molar refractivity (Wildman–Crippen MR) is 95.2 cm³/mol. The van der Waals surface area contributed by atoms with Crippen LogP contribution in [0.2, 0.25) is 0 Å². The summed E-state index contributed by atoms with van der Waals surface area (Å²) in [6, 6.07) is 12.0. The molecule has 0 saturated carbocycles. The van der Waals surface area contributed by atoms with Gasteiger partial charge < -0.3 is 10.1 Å². The molecule has 0 atom stereocenters. The van der Waals surface area contributed by atoms with Gasteiger partial charge in [0.1, 0.15) is 33.9 Å². The fraction of sp³-hybridized carbons (Fsp3) is 0.158. The van der Waals surface area contributed by atoms with Crippen LogP contribution in [0.25, 0.3) is 0 Å². The number of amides is 1. The molecule has 1 aromatic heterocycles. The number of hydrogen-bond acceptors (Lipinski definition) is 4. The molecular formula is C19H16F2N2O2S. The van der Waals surface area contributed by atoms with Gasteiger partial charge in [-0.15, -0.1) is 11.3 Å². The van der Waals surface area contributed by atoms with Crippen LogP contribution >= 0.6 is 11.3 Å². The normalized spacial score (nSPS) is 10.6. The second-order valence-electron chi connectivity index (χ2n) is 5.54. The molecule has 0 bridgehead atoms. The van der Waals surface area contributed by atoms with Crippen molar-refractivity contribution in [2.75, 3.05) is 0 Å². The van der Waals surface area contributed by atoms with E-state index in [-0.39, 0.29) is 30.7 Å². The Kier molecular flexibility index (Phi) is 5.58. The summed E-state index contributed by atoms with van der Waals surface area (Å²) in [5.74, 6) is -0.487. The number of aromatic nitrogens is 1. The van der Waals surface area contributed by atoms with E-state index in [1.165, 1.54) is 41.7 Å². The lowest BCUT2D eigenvalue weighted by atomic mass is 10.2. The van der Waals surface area contributed by atoms with Crippen LogP contribution in [0.5, 0.6) is 5.75 Å². The molecule has 1 heterocycles. The van der Waals surface area contributed by atoms with Gasteiger partial charge in [0, 0.05) is 12.1 Å². The third-order valence-electron chi connectivity index (χ3n) is 3.62. The second kappa shape index (κ2) is 8.05. The topological polar surface area (TPSA) is 51.2 Å². The molecule has 1 amide bonds. The number of ether oxygens (including phenoxy) is 1. The third-order valence-corrected chi connectivity index (χ3v) is 4.75. The predicted octanol–water partition coefficient (Wildman–Crippen LogP) is 4.24. The van der Waals surface area contributed by atoms with E-state index in [0.717, 1.165) is 0 Å². The van der Waals surface area contributed by atoms with Crippen molar-refractivity contribution < 1.29 is 18.3 Å². The van der Waals surface area contributed by atoms with Crippen molar-refractivity contribution in [3.8, 4) is 5.75 Å². The van der Waals surface area contributed by atoms with Crippen molar-refractivity contribution in [1.29, 1.82) is 0 Å². The van der Waals surface area contributed by atoms with Gasteiger partial charge in [-0.05, 0) is 37.3 Å². The first-order valence-electron chi connectivity index (χ1n) is 7.89. The van der Waals surface area contributed by atoms with E-state index in [9.17, 15) is 13.6 Å². The summed E-state index contributed by atoms with van der Waals surface area (Å²) in [6.45, 7) is 2.01. The van der Waals surface area contributed by atoms with Crippen molar-refractivity contribution >= 4 is 17.2 Å². The first kappa shape index (κ1) is 18.0. The number of hydrogen-bond donors (Lipinski definition) is 1. The van der Waals surface area contributed by atoms with Crippen LogP contribution in [0.1, 0.15) is 25.9 Å². The minimum atomic E-state index is -0.359. The van der Waals surface area contributed by atoms with Crippen molar-refractivity contribution in [3.63, 3.8) is 0 Å². The summed E-state index contributed by atoms with van der Waals surface area (Å²) in [5.41, 5.74) is 1.00. The van der Waals surface area contributed by atoms with Gasteiger partial charge in [0.15, 0.2) is 0 Å². The van der Waals surface area contributed by atoms with Gasteiger partial charge in [-0.2, -0.15) is 0 Å². The third kappa shape index (κ3) is 4.43. The Bertz CT molecular complexity index is 910. The van der Waals surface area contributed by atoms with Crippen LogP contribution in [-0.4, -0.2) is 10.9 Å². The molecule has 0 aliphatic heterocycles. The highest BCUT2D eigenvalue weighted by Gasteiger charge is 2.16. The number of thiazole rings is 1. The maximum atomic E-state index is 13.6. The molecule has 3 rings (SSSR count). The quantitative estimate of drug-likeness (QED) is 0.702. The van der Waals surface area contributed by atoms with Crippen molar-refractivity contribution in [2.45, 2.75) is 20.1 Å². The maximum absolute atomic E-state index is 13.6. The number of nitrogens with zero attached hydrogens (tertiary/aromatic N) is 1. The highest BCUT2D eigenvalue weighted by Crippen LogP contribution is 2.21. The lowest BCUT2D eigenvalue weighted by molar-refractivity contribution is 0.0954. The molecule has 4 nitrogen and oxygen atoms in total. The van der Waals surface area contributed by atoms with E-state index < -0.39 is 0 Å². The number of carbonyl (C=O) groups is 1. The van der Waals surface area contributed by atoms with E-state index in [1.807, 2.05) is 0 Å². The highest BCUT2D eigenvalue weighted by atomic mass is 32.1. The zero-order chi connectivity index (χ0) is 18.5. The van der Waals surface area contributed by atoms with Crippen LogP contribution in [-0.2, 0) is 13.2 Å². The molecule has 0 spiro atoms.